The number of alkyl halides is 1. The number of H-pyrrole nitrogens is 1. The molecule has 2 unspecified atom stereocenters. The van der Waals surface area contributed by atoms with Crippen LogP contribution in [0.4, 0.5) is 8.78 Å². The van der Waals surface area contributed by atoms with Gasteiger partial charge in [0.2, 0.25) is 11.8 Å². The van der Waals surface area contributed by atoms with E-state index in [4.69, 9.17) is 5.11 Å². The van der Waals surface area contributed by atoms with Crippen LogP contribution in [0.15, 0.2) is 24.4 Å². The van der Waals surface area contributed by atoms with E-state index >= 15 is 0 Å². The van der Waals surface area contributed by atoms with Crippen molar-refractivity contribution in [3.05, 3.63) is 35.8 Å². The number of nitrogens with one attached hydrogen (secondary N) is 3. The van der Waals surface area contributed by atoms with E-state index < -0.39 is 42.4 Å². The number of hydrogen-bond donors (Lipinski definition) is 4. The van der Waals surface area contributed by atoms with Crippen LogP contribution in [0, 0.1) is 5.82 Å². The maximum atomic E-state index is 13.2. The average Bonchev–Trinajstić information content (AvgIpc) is 2.92. The third-order valence-electron chi connectivity index (χ3n) is 3.62. The minimum Gasteiger partial charge on any atom is -0.480 e. The van der Waals surface area contributed by atoms with Crippen LogP contribution in [0.1, 0.15) is 12.5 Å². The van der Waals surface area contributed by atoms with Gasteiger partial charge >= 0.3 is 5.97 Å². The first-order valence-corrected chi connectivity index (χ1v) is 7.43. The molecule has 0 saturated heterocycles. The molecule has 0 aliphatic carbocycles. The molecule has 2 rings (SSSR count). The first-order chi connectivity index (χ1) is 11.8. The molecule has 1 heterocycles. The molecule has 9 heteroatoms. The zero-order chi connectivity index (χ0) is 18.6. The summed E-state index contributed by atoms with van der Waals surface area (Å²) >= 11 is 0. The average molecular weight is 353 g/mol. The number of benzene rings is 1. The fourth-order valence-corrected chi connectivity index (χ4v) is 2.44. The number of hydrogen-bond acceptors (Lipinski definition) is 3. The van der Waals surface area contributed by atoms with Crippen LogP contribution in [0.3, 0.4) is 0 Å². The molecule has 0 saturated carbocycles. The summed E-state index contributed by atoms with van der Waals surface area (Å²) in [6.07, 6.45) is 1.59. The third kappa shape index (κ3) is 4.52. The molecule has 25 heavy (non-hydrogen) atoms. The van der Waals surface area contributed by atoms with E-state index in [0.29, 0.717) is 16.5 Å². The lowest BCUT2D eigenvalue weighted by atomic mass is 10.0. The summed E-state index contributed by atoms with van der Waals surface area (Å²) in [4.78, 5) is 37.3. The van der Waals surface area contributed by atoms with E-state index in [0.717, 1.165) is 0 Å². The molecule has 1 aromatic carbocycles. The topological polar surface area (TPSA) is 111 Å². The molecule has 0 bridgehead atoms. The second-order valence-corrected chi connectivity index (χ2v) is 5.51. The van der Waals surface area contributed by atoms with Crippen molar-refractivity contribution in [3.63, 3.8) is 0 Å². The Balaban J connectivity index is 2.23. The zero-order valence-corrected chi connectivity index (χ0v) is 13.3. The van der Waals surface area contributed by atoms with Crippen LogP contribution >= 0.6 is 0 Å². The molecule has 0 radical (unpaired) electrons. The van der Waals surface area contributed by atoms with Crippen LogP contribution < -0.4 is 10.6 Å². The molecule has 4 N–H and O–H groups in total. The Morgan fingerprint density at radius 1 is 1.24 bits per heavy atom. The summed E-state index contributed by atoms with van der Waals surface area (Å²) in [5, 5.41) is 13.9. The summed E-state index contributed by atoms with van der Waals surface area (Å²) in [5.74, 6) is -3.26. The van der Waals surface area contributed by atoms with Crippen LogP contribution in [0.5, 0.6) is 0 Å². The quantitative estimate of drug-likeness (QED) is 0.592. The number of fused-ring (bicyclic) bond motifs is 1. The highest BCUT2D eigenvalue weighted by Crippen LogP contribution is 2.20. The first-order valence-electron chi connectivity index (χ1n) is 7.43. The highest BCUT2D eigenvalue weighted by molar-refractivity contribution is 5.91. The summed E-state index contributed by atoms with van der Waals surface area (Å²) in [5.41, 5.74) is 1.14. The summed E-state index contributed by atoms with van der Waals surface area (Å²) in [6.45, 7) is -0.0745. The van der Waals surface area contributed by atoms with Crippen molar-refractivity contribution in [1.82, 2.24) is 15.6 Å². The SMILES string of the molecule is CC(=O)NC(Cc1c[nH]c2cc(F)ccc12)C(=O)NC(CF)C(=O)O. The highest BCUT2D eigenvalue weighted by atomic mass is 19.1. The van der Waals surface area contributed by atoms with E-state index in [9.17, 15) is 23.2 Å². The molecule has 0 aliphatic heterocycles. The number of halogens is 2. The van der Waals surface area contributed by atoms with Gasteiger partial charge in [0.1, 0.15) is 18.5 Å². The predicted octanol–water partition coefficient (Wildman–Crippen LogP) is 0.893. The number of carboxylic acid groups (broad SMARTS) is 1. The van der Waals surface area contributed by atoms with Gasteiger partial charge in [-0.2, -0.15) is 0 Å². The smallest absolute Gasteiger partial charge is 0.328 e. The molecule has 0 spiro atoms. The van der Waals surface area contributed by atoms with Crippen molar-refractivity contribution in [2.45, 2.75) is 25.4 Å². The van der Waals surface area contributed by atoms with Crippen molar-refractivity contribution in [3.8, 4) is 0 Å². The van der Waals surface area contributed by atoms with Gasteiger partial charge < -0.3 is 20.7 Å². The van der Waals surface area contributed by atoms with Gasteiger partial charge in [0, 0.05) is 30.4 Å². The Bertz CT molecular complexity index is 806. The lowest BCUT2D eigenvalue weighted by Gasteiger charge is -2.19. The van der Waals surface area contributed by atoms with Gasteiger partial charge in [-0.3, -0.25) is 9.59 Å². The number of carbonyl (C=O) groups excluding carboxylic acids is 2. The minimum atomic E-state index is -1.69. The van der Waals surface area contributed by atoms with Gasteiger partial charge in [0.05, 0.1) is 0 Å². The first kappa shape index (κ1) is 18.4. The van der Waals surface area contributed by atoms with Crippen molar-refractivity contribution in [2.24, 2.45) is 0 Å². The van der Waals surface area contributed by atoms with Crippen molar-refractivity contribution >= 4 is 28.7 Å². The molecule has 0 fully saturated rings. The van der Waals surface area contributed by atoms with Gasteiger partial charge in [-0.25, -0.2) is 13.6 Å². The molecule has 1 aromatic heterocycles. The number of aliphatic carboxylic acids is 1. The minimum absolute atomic E-state index is 0.0235. The van der Waals surface area contributed by atoms with Crippen LogP contribution in [-0.4, -0.2) is 46.6 Å². The number of carboxylic acids is 1. The normalized spacial score (nSPS) is 13.2. The molecule has 2 aromatic rings. The van der Waals surface area contributed by atoms with Gasteiger partial charge in [-0.1, -0.05) is 0 Å². The molecular formula is C16H17F2N3O4. The number of carbonyl (C=O) groups is 3. The number of amides is 2. The third-order valence-corrected chi connectivity index (χ3v) is 3.62. The second-order valence-electron chi connectivity index (χ2n) is 5.51. The number of aromatic amines is 1. The van der Waals surface area contributed by atoms with E-state index in [1.54, 1.807) is 6.20 Å². The van der Waals surface area contributed by atoms with Gasteiger partial charge in [-0.05, 0) is 23.8 Å². The lowest BCUT2D eigenvalue weighted by molar-refractivity contribution is -0.142. The van der Waals surface area contributed by atoms with Gasteiger partial charge in [0.15, 0.2) is 6.04 Å². The summed E-state index contributed by atoms with van der Waals surface area (Å²) in [6, 6.07) is 1.28. The zero-order valence-electron chi connectivity index (χ0n) is 13.3. The van der Waals surface area contributed by atoms with Gasteiger partial charge in [-0.15, -0.1) is 0 Å². The number of aromatic nitrogens is 1. The monoisotopic (exact) mass is 353 g/mol. The molecule has 0 aliphatic rings. The van der Waals surface area contributed by atoms with Crippen LogP contribution in [0.25, 0.3) is 10.9 Å². The van der Waals surface area contributed by atoms with Crippen molar-refractivity contribution < 1.29 is 28.3 Å². The molecule has 2 atom stereocenters. The Kier molecular flexibility index (Phi) is 5.68. The molecule has 2 amide bonds. The Morgan fingerprint density at radius 2 is 1.96 bits per heavy atom. The van der Waals surface area contributed by atoms with E-state index in [1.807, 2.05) is 5.32 Å². The van der Waals surface area contributed by atoms with Gasteiger partial charge in [0.25, 0.3) is 0 Å². The van der Waals surface area contributed by atoms with E-state index in [2.05, 4.69) is 10.3 Å². The van der Waals surface area contributed by atoms with Crippen LogP contribution in [-0.2, 0) is 20.8 Å². The molecule has 134 valence electrons. The Hall–Kier alpha value is -2.97. The molecule has 7 nitrogen and oxygen atoms in total. The fourth-order valence-electron chi connectivity index (χ4n) is 2.44. The number of rotatable bonds is 7. The summed E-state index contributed by atoms with van der Waals surface area (Å²) in [7, 11) is 0. The predicted molar refractivity (Wildman–Crippen MR) is 85.1 cm³/mol. The largest absolute Gasteiger partial charge is 0.480 e. The fraction of sp³-hybridized carbons (Fsp3) is 0.312. The maximum Gasteiger partial charge on any atom is 0.328 e. The Morgan fingerprint density at radius 3 is 2.56 bits per heavy atom. The van der Waals surface area contributed by atoms with Crippen molar-refractivity contribution in [1.29, 1.82) is 0 Å². The lowest BCUT2D eigenvalue weighted by Crippen LogP contribution is -2.52. The Labute approximate surface area is 141 Å². The standard InChI is InChI=1S/C16H17F2N3O4/c1-8(22)20-13(15(23)21-14(6-17)16(24)25)4-9-7-19-12-5-10(18)2-3-11(9)12/h2-3,5,7,13-14,19H,4,6H2,1H3,(H,20,22)(H,21,23)(H,24,25). The van der Waals surface area contributed by atoms with E-state index in [-0.39, 0.29) is 6.42 Å². The molecular weight excluding hydrogens is 336 g/mol. The van der Waals surface area contributed by atoms with Crippen molar-refractivity contribution in [2.75, 3.05) is 6.67 Å². The summed E-state index contributed by atoms with van der Waals surface area (Å²) < 4.78 is 25.9. The second kappa shape index (κ2) is 7.73. The van der Waals surface area contributed by atoms with Crippen LogP contribution in [0.2, 0.25) is 0 Å². The highest BCUT2D eigenvalue weighted by Gasteiger charge is 2.26. The van der Waals surface area contributed by atoms with E-state index in [1.165, 1.54) is 25.1 Å². The maximum absolute atomic E-state index is 13.2.